The SMILES string of the molecule is Cc1ccc(S(=O)(=O)Nc2cccc(C(=O)Nc3cc(C)cc(C)c3)c2)cc1. The zero-order valence-electron chi connectivity index (χ0n) is 16.0. The average Bonchev–Trinajstić information content (AvgIpc) is 2.61. The molecule has 0 spiro atoms. The van der Waals surface area contributed by atoms with Crippen LogP contribution in [0.1, 0.15) is 27.0 Å². The molecule has 3 rings (SSSR count). The Morgan fingerprint density at radius 2 is 1.39 bits per heavy atom. The molecule has 0 saturated heterocycles. The molecule has 0 aliphatic carbocycles. The molecule has 1 amide bonds. The molecule has 0 radical (unpaired) electrons. The van der Waals surface area contributed by atoms with Gasteiger partial charge in [0, 0.05) is 16.9 Å². The predicted molar refractivity (Wildman–Crippen MR) is 112 cm³/mol. The molecule has 0 aromatic heterocycles. The molecule has 0 bridgehead atoms. The van der Waals surface area contributed by atoms with Crippen LogP contribution >= 0.6 is 0 Å². The largest absolute Gasteiger partial charge is 0.322 e. The van der Waals surface area contributed by atoms with Crippen LogP contribution < -0.4 is 10.0 Å². The summed E-state index contributed by atoms with van der Waals surface area (Å²) in [5.41, 5.74) is 4.47. The standard InChI is InChI=1S/C22H22N2O3S/c1-15-7-9-21(10-8-15)28(26,27)24-19-6-4-5-18(14-19)22(25)23-20-12-16(2)11-17(3)13-20/h4-14,24H,1-3H3,(H,23,25). The van der Waals surface area contributed by atoms with Gasteiger partial charge in [-0.1, -0.05) is 29.8 Å². The van der Waals surface area contributed by atoms with Crippen LogP contribution in [-0.2, 0) is 10.0 Å². The van der Waals surface area contributed by atoms with Gasteiger partial charge >= 0.3 is 0 Å². The second kappa shape index (κ2) is 7.86. The molecule has 0 atom stereocenters. The second-order valence-electron chi connectivity index (χ2n) is 6.83. The summed E-state index contributed by atoms with van der Waals surface area (Å²) in [6, 6.07) is 18.8. The van der Waals surface area contributed by atoms with E-state index in [2.05, 4.69) is 10.0 Å². The average molecular weight is 394 g/mol. The third-order valence-electron chi connectivity index (χ3n) is 4.19. The first-order chi connectivity index (χ1) is 13.2. The molecule has 0 aliphatic heterocycles. The first-order valence-corrected chi connectivity index (χ1v) is 10.3. The molecule has 3 aromatic carbocycles. The highest BCUT2D eigenvalue weighted by atomic mass is 32.2. The molecule has 2 N–H and O–H groups in total. The third kappa shape index (κ3) is 4.78. The van der Waals surface area contributed by atoms with E-state index in [9.17, 15) is 13.2 Å². The van der Waals surface area contributed by atoms with E-state index in [0.717, 1.165) is 16.7 Å². The van der Waals surface area contributed by atoms with Gasteiger partial charge in [-0.2, -0.15) is 0 Å². The lowest BCUT2D eigenvalue weighted by Crippen LogP contribution is -2.15. The van der Waals surface area contributed by atoms with Gasteiger partial charge in [-0.3, -0.25) is 9.52 Å². The Bertz CT molecular complexity index is 1100. The Morgan fingerprint density at radius 1 is 0.750 bits per heavy atom. The van der Waals surface area contributed by atoms with Gasteiger partial charge in [-0.15, -0.1) is 0 Å². The van der Waals surface area contributed by atoms with Gasteiger partial charge in [0.1, 0.15) is 0 Å². The van der Waals surface area contributed by atoms with Gasteiger partial charge in [0.2, 0.25) is 0 Å². The van der Waals surface area contributed by atoms with Crippen LogP contribution in [-0.4, -0.2) is 14.3 Å². The van der Waals surface area contributed by atoms with E-state index in [-0.39, 0.29) is 10.8 Å². The Hall–Kier alpha value is -3.12. The van der Waals surface area contributed by atoms with E-state index in [0.29, 0.717) is 16.9 Å². The lowest BCUT2D eigenvalue weighted by Gasteiger charge is -2.11. The van der Waals surface area contributed by atoms with Crippen LogP contribution in [0.5, 0.6) is 0 Å². The first kappa shape index (κ1) is 19.6. The van der Waals surface area contributed by atoms with Crippen LogP contribution in [0.15, 0.2) is 71.6 Å². The number of carbonyl (C=O) groups excluding carboxylic acids is 1. The Morgan fingerprint density at radius 3 is 2.04 bits per heavy atom. The molecule has 144 valence electrons. The molecule has 3 aromatic rings. The van der Waals surface area contributed by atoms with Crippen molar-refractivity contribution in [2.24, 2.45) is 0 Å². The van der Waals surface area contributed by atoms with Crippen molar-refractivity contribution in [3.05, 3.63) is 89.0 Å². The predicted octanol–water partition coefficient (Wildman–Crippen LogP) is 4.66. The quantitative estimate of drug-likeness (QED) is 0.661. The fourth-order valence-corrected chi connectivity index (χ4v) is 3.96. The van der Waals surface area contributed by atoms with Crippen molar-refractivity contribution in [1.82, 2.24) is 0 Å². The molecule has 0 aliphatic rings. The zero-order chi connectivity index (χ0) is 20.3. The van der Waals surface area contributed by atoms with Gasteiger partial charge in [0.15, 0.2) is 0 Å². The van der Waals surface area contributed by atoms with Crippen molar-refractivity contribution in [3.63, 3.8) is 0 Å². The van der Waals surface area contributed by atoms with E-state index in [1.54, 1.807) is 42.5 Å². The number of hydrogen-bond donors (Lipinski definition) is 2. The summed E-state index contributed by atoms with van der Waals surface area (Å²) in [7, 11) is -3.72. The van der Waals surface area contributed by atoms with E-state index >= 15 is 0 Å². The molecule has 28 heavy (non-hydrogen) atoms. The van der Waals surface area contributed by atoms with E-state index < -0.39 is 10.0 Å². The number of aryl methyl sites for hydroxylation is 3. The molecule has 5 nitrogen and oxygen atoms in total. The van der Waals surface area contributed by atoms with Gasteiger partial charge in [-0.25, -0.2) is 8.42 Å². The smallest absolute Gasteiger partial charge is 0.261 e. The first-order valence-electron chi connectivity index (χ1n) is 8.82. The number of sulfonamides is 1. The minimum atomic E-state index is -3.72. The molecular weight excluding hydrogens is 372 g/mol. The third-order valence-corrected chi connectivity index (χ3v) is 5.59. The highest BCUT2D eigenvalue weighted by molar-refractivity contribution is 7.92. The lowest BCUT2D eigenvalue weighted by molar-refractivity contribution is 0.102. The minimum absolute atomic E-state index is 0.170. The maximum atomic E-state index is 12.6. The summed E-state index contributed by atoms with van der Waals surface area (Å²) < 4.78 is 27.6. The minimum Gasteiger partial charge on any atom is -0.322 e. The molecular formula is C22H22N2O3S. The van der Waals surface area contributed by atoms with Crippen molar-refractivity contribution in [2.75, 3.05) is 10.0 Å². The molecule has 0 unspecified atom stereocenters. The van der Waals surface area contributed by atoms with Crippen LogP contribution in [0.2, 0.25) is 0 Å². The number of amides is 1. The summed E-state index contributed by atoms with van der Waals surface area (Å²) in [5.74, 6) is -0.304. The number of nitrogens with one attached hydrogen (secondary N) is 2. The molecule has 0 saturated carbocycles. The van der Waals surface area contributed by atoms with Gasteiger partial charge in [-0.05, 0) is 74.4 Å². The summed E-state index contributed by atoms with van der Waals surface area (Å²) >= 11 is 0. The van der Waals surface area contributed by atoms with E-state index in [1.165, 1.54) is 6.07 Å². The van der Waals surface area contributed by atoms with Crippen LogP contribution in [0.3, 0.4) is 0 Å². The number of anilines is 2. The summed E-state index contributed by atoms with van der Waals surface area (Å²) in [5, 5.41) is 2.85. The second-order valence-corrected chi connectivity index (χ2v) is 8.51. The van der Waals surface area contributed by atoms with E-state index in [4.69, 9.17) is 0 Å². The Labute approximate surface area is 165 Å². The lowest BCUT2D eigenvalue weighted by atomic mass is 10.1. The zero-order valence-corrected chi connectivity index (χ0v) is 16.8. The van der Waals surface area contributed by atoms with Crippen molar-refractivity contribution in [1.29, 1.82) is 0 Å². The fourth-order valence-electron chi connectivity index (χ4n) is 2.91. The number of rotatable bonds is 5. The fraction of sp³-hybridized carbons (Fsp3) is 0.136. The van der Waals surface area contributed by atoms with Crippen LogP contribution in [0, 0.1) is 20.8 Å². The van der Waals surface area contributed by atoms with Crippen molar-refractivity contribution < 1.29 is 13.2 Å². The topological polar surface area (TPSA) is 75.3 Å². The van der Waals surface area contributed by atoms with Crippen LogP contribution in [0.4, 0.5) is 11.4 Å². The van der Waals surface area contributed by atoms with Gasteiger partial charge < -0.3 is 5.32 Å². The van der Waals surface area contributed by atoms with Gasteiger partial charge in [0.05, 0.1) is 4.90 Å². The Balaban J connectivity index is 1.79. The molecule has 0 fully saturated rings. The summed E-state index contributed by atoms with van der Waals surface area (Å²) in [4.78, 5) is 12.7. The maximum Gasteiger partial charge on any atom is 0.261 e. The van der Waals surface area contributed by atoms with Crippen molar-refractivity contribution >= 4 is 27.3 Å². The summed E-state index contributed by atoms with van der Waals surface area (Å²) in [6.07, 6.45) is 0. The number of hydrogen-bond acceptors (Lipinski definition) is 3. The maximum absolute atomic E-state index is 12.6. The van der Waals surface area contributed by atoms with Gasteiger partial charge in [0.25, 0.3) is 15.9 Å². The number of benzene rings is 3. The number of carbonyl (C=O) groups is 1. The molecule has 0 heterocycles. The van der Waals surface area contributed by atoms with Crippen LogP contribution in [0.25, 0.3) is 0 Å². The van der Waals surface area contributed by atoms with Crippen molar-refractivity contribution in [3.8, 4) is 0 Å². The van der Waals surface area contributed by atoms with Crippen molar-refractivity contribution in [2.45, 2.75) is 25.7 Å². The monoisotopic (exact) mass is 394 g/mol. The normalized spacial score (nSPS) is 11.1. The molecule has 6 heteroatoms. The highest BCUT2D eigenvalue weighted by Crippen LogP contribution is 2.19. The van der Waals surface area contributed by atoms with E-state index in [1.807, 2.05) is 39.0 Å². The summed E-state index contributed by atoms with van der Waals surface area (Å²) in [6.45, 7) is 5.81. The Kier molecular flexibility index (Phi) is 5.51. The highest BCUT2D eigenvalue weighted by Gasteiger charge is 2.15.